The molecule has 0 radical (unpaired) electrons. The van der Waals surface area contributed by atoms with Crippen molar-refractivity contribution in [3.05, 3.63) is 136 Å². The van der Waals surface area contributed by atoms with Crippen molar-refractivity contribution in [2.24, 2.45) is 4.99 Å². The first kappa shape index (κ1) is 31.4. The summed E-state index contributed by atoms with van der Waals surface area (Å²) in [4.78, 5) is 19.4. The molecule has 1 amide bonds. The van der Waals surface area contributed by atoms with Gasteiger partial charge in [0.25, 0.3) is 5.91 Å². The van der Waals surface area contributed by atoms with Gasteiger partial charge < -0.3 is 14.6 Å². The van der Waals surface area contributed by atoms with Crippen molar-refractivity contribution in [1.82, 2.24) is 10.9 Å². The maximum atomic E-state index is 14.3. The molecule has 0 spiro atoms. The molecular formula is C36H38BrN3O4. The summed E-state index contributed by atoms with van der Waals surface area (Å²) in [5.41, 5.74) is 8.73. The Morgan fingerprint density at radius 3 is 2.32 bits per heavy atom. The number of aliphatic imine (C=N–C) groups is 1. The molecule has 0 aliphatic carbocycles. The van der Waals surface area contributed by atoms with Gasteiger partial charge >= 0.3 is 0 Å². The molecule has 4 aromatic carbocycles. The van der Waals surface area contributed by atoms with Gasteiger partial charge in [-0.2, -0.15) is 0 Å². The van der Waals surface area contributed by atoms with E-state index < -0.39 is 11.6 Å². The zero-order valence-electron chi connectivity index (χ0n) is 24.6. The highest BCUT2D eigenvalue weighted by Crippen LogP contribution is 2.43. The summed E-state index contributed by atoms with van der Waals surface area (Å²) >= 11 is 3.68. The first-order valence-electron chi connectivity index (χ1n) is 15.1. The summed E-state index contributed by atoms with van der Waals surface area (Å²) in [6.45, 7) is 1.14. The van der Waals surface area contributed by atoms with Gasteiger partial charge in [-0.25, -0.2) is 10.4 Å². The number of aryl methyl sites for hydroxylation is 1. The van der Waals surface area contributed by atoms with Crippen LogP contribution in [0.15, 0.2) is 119 Å². The average Bonchev–Trinajstić information content (AvgIpc) is 3.45. The van der Waals surface area contributed by atoms with Gasteiger partial charge in [-0.3, -0.25) is 10.2 Å². The number of aliphatic hydroxyl groups is 1. The highest BCUT2D eigenvalue weighted by atomic mass is 79.9. The molecule has 0 bridgehead atoms. The summed E-state index contributed by atoms with van der Waals surface area (Å²) in [6, 6.07) is 35.5. The minimum atomic E-state index is -1.28. The van der Waals surface area contributed by atoms with E-state index >= 15 is 0 Å². The molecule has 2 atom stereocenters. The first-order valence-corrected chi connectivity index (χ1v) is 15.8. The van der Waals surface area contributed by atoms with Crippen LogP contribution in [-0.4, -0.2) is 42.2 Å². The van der Waals surface area contributed by atoms with Crippen LogP contribution in [0.1, 0.15) is 47.6 Å². The van der Waals surface area contributed by atoms with E-state index in [4.69, 9.17) is 19.6 Å². The normalized spacial score (nSPS) is 17.5. The molecule has 1 aliphatic heterocycles. The third kappa shape index (κ3) is 7.94. The first-order chi connectivity index (χ1) is 21.6. The summed E-state index contributed by atoms with van der Waals surface area (Å²) in [5, 5.41) is 9.05. The Morgan fingerprint density at radius 1 is 0.886 bits per heavy atom. The highest BCUT2D eigenvalue weighted by molar-refractivity contribution is 9.10. The largest absolute Gasteiger partial charge is 0.494 e. The predicted molar refractivity (Wildman–Crippen MR) is 177 cm³/mol. The molecule has 0 saturated heterocycles. The fourth-order valence-corrected chi connectivity index (χ4v) is 5.71. The van der Waals surface area contributed by atoms with Gasteiger partial charge in [-0.05, 0) is 66.3 Å². The van der Waals surface area contributed by atoms with Crippen molar-refractivity contribution < 1.29 is 19.4 Å². The number of hydrogen-bond donors (Lipinski definition) is 3. The summed E-state index contributed by atoms with van der Waals surface area (Å²) in [5.74, 6) is 0.823. The number of carbonyl (C=O) groups is 1. The van der Waals surface area contributed by atoms with E-state index in [0.29, 0.717) is 37.6 Å². The average molecular weight is 657 g/mol. The minimum absolute atomic E-state index is 0.0772. The summed E-state index contributed by atoms with van der Waals surface area (Å²) in [6.07, 6.45) is 3.13. The van der Waals surface area contributed by atoms with Crippen molar-refractivity contribution >= 4 is 27.7 Å². The Bertz CT molecular complexity index is 1520. The Morgan fingerprint density at radius 2 is 1.59 bits per heavy atom. The fourth-order valence-electron chi connectivity index (χ4n) is 5.28. The second-order valence-electron chi connectivity index (χ2n) is 10.8. The number of carbonyl (C=O) groups excluding carboxylic acids is 1. The lowest BCUT2D eigenvalue weighted by Crippen LogP contribution is -2.54. The number of amides is 1. The Labute approximate surface area is 267 Å². The number of nitrogens with one attached hydrogen (secondary N) is 2. The zero-order valence-corrected chi connectivity index (χ0v) is 26.2. The quantitative estimate of drug-likeness (QED) is 0.102. The van der Waals surface area contributed by atoms with E-state index in [2.05, 4.69) is 51.0 Å². The maximum Gasteiger partial charge on any atom is 0.266 e. The number of hydrogen-bond acceptors (Lipinski definition) is 6. The lowest BCUT2D eigenvalue weighted by Gasteiger charge is -2.31. The molecule has 0 aromatic heterocycles. The van der Waals surface area contributed by atoms with Crippen LogP contribution in [-0.2, 0) is 22.4 Å². The van der Waals surface area contributed by atoms with E-state index in [1.54, 1.807) is 0 Å². The topological polar surface area (TPSA) is 92.2 Å². The molecule has 0 unspecified atom stereocenters. The number of benzene rings is 4. The molecule has 4 aromatic rings. The molecule has 0 saturated carbocycles. The van der Waals surface area contributed by atoms with Gasteiger partial charge in [0.2, 0.25) is 5.90 Å². The Balaban J connectivity index is 1.40. The SMILES string of the molecule is O=C(NNCCCCc1ccccc1)[C@@]1(Cc2ccccc2Br)N=C(c2ccc(OCCCO)cc2)O[C@H]1c1ccccc1. The molecule has 228 valence electrons. The minimum Gasteiger partial charge on any atom is -0.494 e. The van der Waals surface area contributed by atoms with Crippen LogP contribution in [0.3, 0.4) is 0 Å². The third-order valence-electron chi connectivity index (χ3n) is 7.61. The van der Waals surface area contributed by atoms with Crippen molar-refractivity contribution in [2.75, 3.05) is 19.8 Å². The molecule has 44 heavy (non-hydrogen) atoms. The lowest BCUT2D eigenvalue weighted by molar-refractivity contribution is -0.130. The molecule has 7 nitrogen and oxygen atoms in total. The Kier molecular flexibility index (Phi) is 11.2. The van der Waals surface area contributed by atoms with Crippen molar-refractivity contribution in [3.63, 3.8) is 0 Å². The monoisotopic (exact) mass is 655 g/mol. The second-order valence-corrected chi connectivity index (χ2v) is 11.6. The number of ether oxygens (including phenoxy) is 2. The number of hydrazine groups is 1. The molecule has 1 aliphatic rings. The Hall–Kier alpha value is -3.98. The number of halogens is 1. The maximum absolute atomic E-state index is 14.3. The smallest absolute Gasteiger partial charge is 0.266 e. The number of nitrogens with zero attached hydrogens (tertiary/aromatic N) is 1. The van der Waals surface area contributed by atoms with E-state index in [9.17, 15) is 4.79 Å². The van der Waals surface area contributed by atoms with Gasteiger partial charge in [0.15, 0.2) is 11.6 Å². The van der Waals surface area contributed by atoms with Crippen molar-refractivity contribution in [1.29, 1.82) is 0 Å². The third-order valence-corrected chi connectivity index (χ3v) is 8.39. The molecule has 0 fully saturated rings. The highest BCUT2D eigenvalue weighted by Gasteiger charge is 2.53. The standard InChI is InChI=1S/C36H38BrN3O4/c37-32-18-8-7-17-30(32)26-36(35(42)40-38-23-10-9-14-27-12-3-1-4-13-27)33(28-15-5-2-6-16-28)44-34(39-36)29-19-21-31(22-20-29)43-25-11-24-41/h1-8,12-13,15-22,33,38,41H,9-11,14,23-26H2,(H,40,42)/t33-,36-/m0/s1. The van der Waals surface area contributed by atoms with Crippen molar-refractivity contribution in [3.8, 4) is 5.75 Å². The van der Waals surface area contributed by atoms with E-state index in [1.807, 2.05) is 84.9 Å². The summed E-state index contributed by atoms with van der Waals surface area (Å²) < 4.78 is 13.2. The van der Waals surface area contributed by atoms with Crippen LogP contribution < -0.4 is 15.6 Å². The van der Waals surface area contributed by atoms with Gasteiger partial charge in [-0.15, -0.1) is 0 Å². The molecule has 8 heteroatoms. The number of unbranched alkanes of at least 4 members (excludes halogenated alkanes) is 1. The van der Waals surface area contributed by atoms with Gasteiger partial charge in [0, 0.05) is 36.0 Å². The fraction of sp³-hybridized carbons (Fsp3) is 0.278. The van der Waals surface area contributed by atoms with Gasteiger partial charge in [-0.1, -0.05) is 94.8 Å². The molecule has 5 rings (SSSR count). The number of rotatable bonds is 15. The predicted octanol–water partition coefficient (Wildman–Crippen LogP) is 6.35. The van der Waals surface area contributed by atoms with Crippen LogP contribution in [0.2, 0.25) is 0 Å². The van der Waals surface area contributed by atoms with Gasteiger partial charge in [0.05, 0.1) is 6.61 Å². The van der Waals surface area contributed by atoms with E-state index in [0.717, 1.165) is 40.4 Å². The lowest BCUT2D eigenvalue weighted by atomic mass is 9.82. The van der Waals surface area contributed by atoms with Crippen LogP contribution in [0.5, 0.6) is 5.75 Å². The molecule has 1 heterocycles. The van der Waals surface area contributed by atoms with Crippen LogP contribution in [0, 0.1) is 0 Å². The van der Waals surface area contributed by atoms with E-state index in [-0.39, 0.29) is 12.5 Å². The number of aliphatic hydroxyl groups excluding tert-OH is 1. The van der Waals surface area contributed by atoms with Crippen LogP contribution in [0.4, 0.5) is 0 Å². The van der Waals surface area contributed by atoms with Crippen LogP contribution >= 0.6 is 15.9 Å². The molecule has 3 N–H and O–H groups in total. The zero-order chi connectivity index (χ0) is 30.6. The molecular weight excluding hydrogens is 618 g/mol. The van der Waals surface area contributed by atoms with Crippen LogP contribution in [0.25, 0.3) is 0 Å². The summed E-state index contributed by atoms with van der Waals surface area (Å²) in [7, 11) is 0. The van der Waals surface area contributed by atoms with Gasteiger partial charge in [0.1, 0.15) is 5.75 Å². The second kappa shape index (κ2) is 15.7. The van der Waals surface area contributed by atoms with Crippen molar-refractivity contribution in [2.45, 2.75) is 43.7 Å². The van der Waals surface area contributed by atoms with E-state index in [1.165, 1.54) is 5.56 Å².